The number of hydrogen-bond acceptors (Lipinski definition) is 8. The molecule has 1 aliphatic heterocycles. The molecule has 1 unspecified atom stereocenters. The molecule has 12 heteroatoms. The van der Waals surface area contributed by atoms with Crippen LogP contribution in [0.5, 0.6) is 0 Å². The van der Waals surface area contributed by atoms with Gasteiger partial charge in [-0.05, 0) is 101 Å². The molecule has 3 aliphatic rings. The summed E-state index contributed by atoms with van der Waals surface area (Å²) >= 11 is 6.35. The van der Waals surface area contributed by atoms with E-state index in [2.05, 4.69) is 10.3 Å². The molecule has 1 N–H and O–H groups in total. The van der Waals surface area contributed by atoms with Crippen LogP contribution < -0.4 is 10.9 Å². The number of likely N-dealkylation sites (tertiary alicyclic amines) is 1. The molecule has 3 fully saturated rings. The predicted octanol–water partition coefficient (Wildman–Crippen LogP) is 6.18. The minimum Gasteiger partial charge on any atom is -0.444 e. The van der Waals surface area contributed by atoms with E-state index in [1.54, 1.807) is 39.9 Å². The number of nitrogens with one attached hydrogen (secondary N) is 1. The number of amides is 1. The van der Waals surface area contributed by atoms with Gasteiger partial charge in [-0.3, -0.25) is 9.36 Å². The van der Waals surface area contributed by atoms with E-state index in [1.165, 1.54) is 0 Å². The highest BCUT2D eigenvalue weighted by Gasteiger charge is 2.53. The number of piperidine rings is 1. The van der Waals surface area contributed by atoms with E-state index in [9.17, 15) is 18.0 Å². The summed E-state index contributed by atoms with van der Waals surface area (Å²) < 4.78 is 34.3. The molecule has 1 atom stereocenters. The third kappa shape index (κ3) is 5.73. The Bertz CT molecular complexity index is 1750. The lowest BCUT2D eigenvalue weighted by Gasteiger charge is -2.33. The first kappa shape index (κ1) is 29.9. The predicted molar refractivity (Wildman–Crippen MR) is 166 cm³/mol. The Kier molecular flexibility index (Phi) is 7.48. The van der Waals surface area contributed by atoms with Gasteiger partial charge in [0.05, 0.1) is 10.1 Å². The Morgan fingerprint density at radius 2 is 1.84 bits per heavy atom. The van der Waals surface area contributed by atoms with Gasteiger partial charge >= 0.3 is 6.09 Å². The molecule has 10 nitrogen and oxygen atoms in total. The van der Waals surface area contributed by atoms with Crippen molar-refractivity contribution in [1.29, 1.82) is 0 Å². The number of anilines is 2. The van der Waals surface area contributed by atoms with Gasteiger partial charge in [0.15, 0.2) is 9.84 Å². The molecule has 6 rings (SSSR count). The molecule has 0 radical (unpaired) electrons. The number of rotatable bonds is 5. The minimum absolute atomic E-state index is 0.0752. The molecule has 2 saturated carbocycles. The van der Waals surface area contributed by atoms with Crippen LogP contribution in [0, 0.1) is 12.3 Å². The number of carbonyl (C=O) groups excluding carboxylic acids is 1. The van der Waals surface area contributed by atoms with E-state index in [0.29, 0.717) is 48.6 Å². The summed E-state index contributed by atoms with van der Waals surface area (Å²) in [4.78, 5) is 36.7. The van der Waals surface area contributed by atoms with Crippen molar-refractivity contribution in [1.82, 2.24) is 19.4 Å². The number of nitrogens with zero attached hydrogens (tertiary/aromatic N) is 4. The first-order valence-electron chi connectivity index (χ1n) is 14.9. The Morgan fingerprint density at radius 1 is 1.12 bits per heavy atom. The average Bonchev–Trinajstić information content (AvgIpc) is 3.62. The Morgan fingerprint density at radius 3 is 2.49 bits per heavy atom. The van der Waals surface area contributed by atoms with Gasteiger partial charge < -0.3 is 15.0 Å². The van der Waals surface area contributed by atoms with E-state index >= 15 is 0 Å². The molecule has 1 amide bonds. The van der Waals surface area contributed by atoms with Crippen molar-refractivity contribution < 1.29 is 17.9 Å². The van der Waals surface area contributed by atoms with E-state index in [4.69, 9.17) is 21.3 Å². The standard InChI is InChI=1S/C31H38ClN5O5S/c1-19-16-22(43(40,41)21-9-14-36(15-10-21)29(39)42-30(2,3)4)7-8-24(19)34-28-33-18-20-17-23(32)27(38)37(26(20)35-28)25-6-5-11-31(25)12-13-31/h7-8,16-18,21,25H,5-6,9-15H2,1-4H3,(H,33,34,35). The van der Waals surface area contributed by atoms with Crippen molar-refractivity contribution in [3.8, 4) is 0 Å². The van der Waals surface area contributed by atoms with Crippen LogP contribution in [-0.4, -0.2) is 57.9 Å². The molecule has 43 heavy (non-hydrogen) atoms. The van der Waals surface area contributed by atoms with Gasteiger partial charge in [-0.1, -0.05) is 18.0 Å². The highest BCUT2D eigenvalue weighted by molar-refractivity contribution is 7.92. The van der Waals surface area contributed by atoms with Gasteiger partial charge in [0, 0.05) is 36.4 Å². The number of halogens is 1. The normalized spacial score (nSPS) is 20.5. The largest absolute Gasteiger partial charge is 0.444 e. The first-order chi connectivity index (χ1) is 20.3. The van der Waals surface area contributed by atoms with Crippen LogP contribution in [0.1, 0.15) is 77.3 Å². The van der Waals surface area contributed by atoms with E-state index in [1.807, 2.05) is 27.7 Å². The lowest BCUT2D eigenvalue weighted by Crippen LogP contribution is -2.44. The molecule has 3 aromatic rings. The zero-order chi connectivity index (χ0) is 30.7. The number of sulfone groups is 1. The smallest absolute Gasteiger partial charge is 0.410 e. The van der Waals surface area contributed by atoms with Gasteiger partial charge in [-0.15, -0.1) is 0 Å². The van der Waals surface area contributed by atoms with Gasteiger partial charge in [0.25, 0.3) is 5.56 Å². The lowest BCUT2D eigenvalue weighted by molar-refractivity contribution is 0.0217. The molecule has 1 spiro atoms. The van der Waals surface area contributed by atoms with Crippen molar-refractivity contribution in [2.45, 2.75) is 94.4 Å². The van der Waals surface area contributed by atoms with Crippen LogP contribution in [0.15, 0.2) is 40.2 Å². The summed E-state index contributed by atoms with van der Waals surface area (Å²) in [7, 11) is -3.60. The lowest BCUT2D eigenvalue weighted by atomic mass is 10.00. The van der Waals surface area contributed by atoms with Crippen molar-refractivity contribution in [3.63, 3.8) is 0 Å². The zero-order valence-electron chi connectivity index (χ0n) is 25.0. The number of fused-ring (bicyclic) bond motifs is 1. The fraction of sp³-hybridized carbons (Fsp3) is 0.548. The van der Waals surface area contributed by atoms with Crippen LogP contribution in [0.3, 0.4) is 0 Å². The maximum Gasteiger partial charge on any atom is 0.410 e. The van der Waals surface area contributed by atoms with Crippen molar-refractivity contribution in [3.05, 3.63) is 51.4 Å². The summed E-state index contributed by atoms with van der Waals surface area (Å²) in [6, 6.07) is 6.67. The molecular formula is C31H38ClN5O5S. The quantitative estimate of drug-likeness (QED) is 0.356. The average molecular weight is 628 g/mol. The number of aromatic nitrogens is 3. The number of carbonyl (C=O) groups is 1. The fourth-order valence-corrected chi connectivity index (χ4v) is 8.67. The SMILES string of the molecule is Cc1cc(S(=O)(=O)C2CCN(C(=O)OC(C)(C)C)CC2)ccc1Nc1ncc2cc(Cl)c(=O)n(C3CCCC34CC4)c2n1. The number of hydrogen-bond donors (Lipinski definition) is 1. The number of pyridine rings is 1. The summed E-state index contributed by atoms with van der Waals surface area (Å²) in [5.41, 5.74) is 1.29. The molecule has 3 heterocycles. The third-order valence-corrected chi connectivity index (χ3v) is 11.6. The zero-order valence-corrected chi connectivity index (χ0v) is 26.6. The summed E-state index contributed by atoms with van der Waals surface area (Å²) in [6.07, 6.45) is 7.30. The molecule has 1 saturated heterocycles. The van der Waals surface area contributed by atoms with Gasteiger partial charge in [0.2, 0.25) is 5.95 Å². The molecule has 2 aliphatic carbocycles. The summed E-state index contributed by atoms with van der Waals surface area (Å²) in [6.45, 7) is 7.91. The van der Waals surface area contributed by atoms with Gasteiger partial charge in [-0.25, -0.2) is 18.2 Å². The highest BCUT2D eigenvalue weighted by Crippen LogP contribution is 2.63. The maximum atomic E-state index is 13.5. The third-order valence-electron chi connectivity index (χ3n) is 9.10. The molecule has 1 aromatic carbocycles. The van der Waals surface area contributed by atoms with Crippen LogP contribution in [0.2, 0.25) is 5.02 Å². The van der Waals surface area contributed by atoms with Crippen LogP contribution in [0.4, 0.5) is 16.4 Å². The molecule has 0 bridgehead atoms. The summed E-state index contributed by atoms with van der Waals surface area (Å²) in [5, 5.41) is 3.51. The second kappa shape index (κ2) is 10.8. The maximum absolute atomic E-state index is 13.5. The fourth-order valence-electron chi connectivity index (χ4n) is 6.64. The number of aryl methyl sites for hydroxylation is 1. The second-order valence-corrected chi connectivity index (χ2v) is 15.9. The van der Waals surface area contributed by atoms with Crippen LogP contribution >= 0.6 is 11.6 Å². The Balaban J connectivity index is 1.21. The van der Waals surface area contributed by atoms with E-state index < -0.39 is 26.8 Å². The van der Waals surface area contributed by atoms with E-state index in [-0.39, 0.29) is 26.9 Å². The Labute approximate surface area is 256 Å². The minimum atomic E-state index is -3.60. The van der Waals surface area contributed by atoms with Crippen molar-refractivity contribution >= 4 is 50.2 Å². The Hall–Kier alpha value is -3.18. The van der Waals surface area contributed by atoms with Crippen LogP contribution in [0.25, 0.3) is 11.0 Å². The van der Waals surface area contributed by atoms with Gasteiger partial charge in [0.1, 0.15) is 16.3 Å². The van der Waals surface area contributed by atoms with Gasteiger partial charge in [-0.2, -0.15) is 4.98 Å². The molecule has 230 valence electrons. The second-order valence-electron chi connectivity index (χ2n) is 13.2. The number of ether oxygens (including phenoxy) is 1. The van der Waals surface area contributed by atoms with Crippen molar-refractivity contribution in [2.24, 2.45) is 5.41 Å². The van der Waals surface area contributed by atoms with Crippen molar-refractivity contribution in [2.75, 3.05) is 18.4 Å². The molecular weight excluding hydrogens is 590 g/mol. The topological polar surface area (TPSA) is 123 Å². The summed E-state index contributed by atoms with van der Waals surface area (Å²) in [5.74, 6) is 0.319. The molecule has 2 aromatic heterocycles. The first-order valence-corrected chi connectivity index (χ1v) is 16.9. The monoisotopic (exact) mass is 627 g/mol. The van der Waals surface area contributed by atoms with Crippen LogP contribution in [-0.2, 0) is 14.6 Å². The highest BCUT2D eigenvalue weighted by atomic mass is 35.5. The van der Waals surface area contributed by atoms with E-state index in [0.717, 1.165) is 37.7 Å². The number of benzene rings is 1.